The van der Waals surface area contributed by atoms with Crippen molar-refractivity contribution in [3.8, 4) is 6.07 Å². The van der Waals surface area contributed by atoms with Gasteiger partial charge in [-0.1, -0.05) is 29.5 Å². The summed E-state index contributed by atoms with van der Waals surface area (Å²) in [5.74, 6) is 0.376. The van der Waals surface area contributed by atoms with Crippen molar-refractivity contribution in [1.82, 2.24) is 20.1 Å². The average Bonchev–Trinajstić information content (AvgIpc) is 3.34. The van der Waals surface area contributed by atoms with Crippen LogP contribution in [0.2, 0.25) is 0 Å². The van der Waals surface area contributed by atoms with Gasteiger partial charge in [0.15, 0.2) is 11.0 Å². The highest BCUT2D eigenvalue weighted by Gasteiger charge is 2.22. The Balaban J connectivity index is 1.32. The number of amides is 2. The highest BCUT2D eigenvalue weighted by Crippen LogP contribution is 2.37. The number of nitrogens with zero attached hydrogens (tertiary/aromatic N) is 4. The number of fused-ring (bicyclic) bond motifs is 1. The van der Waals surface area contributed by atoms with Crippen LogP contribution in [0, 0.1) is 18.3 Å². The van der Waals surface area contributed by atoms with Gasteiger partial charge in [-0.3, -0.25) is 9.59 Å². The smallest absolute Gasteiger partial charge is 0.251 e. The van der Waals surface area contributed by atoms with Gasteiger partial charge in [0, 0.05) is 17.5 Å². The molecule has 0 bridgehead atoms. The summed E-state index contributed by atoms with van der Waals surface area (Å²) in [5.41, 5.74) is 3.32. The summed E-state index contributed by atoms with van der Waals surface area (Å²) < 4.78 is 1.76. The molecule has 1 aromatic carbocycles. The minimum Gasteiger partial charge on any atom is -0.345 e. The number of carbonyl (C=O) groups excluding carboxylic acids is 2. The average molecular weight is 481 g/mol. The molecule has 1 aliphatic rings. The number of benzene rings is 1. The zero-order valence-corrected chi connectivity index (χ0v) is 20.1. The van der Waals surface area contributed by atoms with Crippen LogP contribution in [0.4, 0.5) is 5.00 Å². The van der Waals surface area contributed by atoms with Gasteiger partial charge >= 0.3 is 0 Å². The molecule has 0 atom stereocenters. The summed E-state index contributed by atoms with van der Waals surface area (Å²) in [7, 11) is 1.80. The van der Waals surface area contributed by atoms with Crippen molar-refractivity contribution in [3.05, 3.63) is 57.2 Å². The molecule has 170 valence electrons. The molecule has 3 aromatic rings. The third-order valence-corrected chi connectivity index (χ3v) is 7.71. The largest absolute Gasteiger partial charge is 0.345 e. The number of thiophene rings is 1. The highest BCUT2D eigenvalue weighted by atomic mass is 32.2. The van der Waals surface area contributed by atoms with Crippen molar-refractivity contribution >= 4 is 39.9 Å². The summed E-state index contributed by atoms with van der Waals surface area (Å²) in [5, 5.41) is 24.8. The van der Waals surface area contributed by atoms with E-state index in [1.165, 1.54) is 28.0 Å². The number of rotatable bonds is 7. The van der Waals surface area contributed by atoms with E-state index in [0.717, 1.165) is 36.8 Å². The lowest BCUT2D eigenvalue weighted by Gasteiger charge is -2.09. The monoisotopic (exact) mass is 480 g/mol. The second-order valence-electron chi connectivity index (χ2n) is 7.87. The van der Waals surface area contributed by atoms with Crippen LogP contribution in [0.5, 0.6) is 0 Å². The molecule has 10 heteroatoms. The zero-order valence-electron chi connectivity index (χ0n) is 18.5. The Morgan fingerprint density at radius 2 is 2.09 bits per heavy atom. The molecule has 0 saturated heterocycles. The fourth-order valence-electron chi connectivity index (χ4n) is 3.74. The van der Waals surface area contributed by atoms with Gasteiger partial charge in [0.1, 0.15) is 11.1 Å². The zero-order chi connectivity index (χ0) is 23.4. The molecule has 2 amide bonds. The lowest BCUT2D eigenvalue weighted by molar-refractivity contribution is -0.113. The van der Waals surface area contributed by atoms with Crippen LogP contribution >= 0.6 is 23.1 Å². The molecule has 8 nitrogen and oxygen atoms in total. The lowest BCUT2D eigenvalue weighted by atomic mass is 9.96. The van der Waals surface area contributed by atoms with Crippen molar-refractivity contribution in [2.75, 3.05) is 11.1 Å². The van der Waals surface area contributed by atoms with Gasteiger partial charge in [0.25, 0.3) is 5.91 Å². The molecule has 0 aliphatic heterocycles. The number of aromatic nitrogens is 3. The summed E-state index contributed by atoms with van der Waals surface area (Å²) in [6.07, 6.45) is 4.09. The summed E-state index contributed by atoms with van der Waals surface area (Å²) >= 11 is 2.78. The summed E-state index contributed by atoms with van der Waals surface area (Å²) in [4.78, 5) is 26.1. The fraction of sp³-hybridized carbons (Fsp3) is 0.348. The molecular weight excluding hydrogens is 456 g/mol. The standard InChI is InChI=1S/C23H24N6O2S2/c1-14-6-5-7-15(10-14)21(31)25-12-19-27-28-23(29(19)2)32-13-20(30)26-22-17(11-24)16-8-3-4-9-18(16)33-22/h5-7,10H,3-4,8-9,12-13H2,1-2H3,(H,25,31)(H,26,30). The Bertz CT molecular complexity index is 1240. The molecule has 4 rings (SSSR count). The van der Waals surface area contributed by atoms with Gasteiger partial charge in [0.05, 0.1) is 17.9 Å². The van der Waals surface area contributed by atoms with Gasteiger partial charge in [-0.2, -0.15) is 5.26 Å². The normalized spacial score (nSPS) is 12.6. The molecule has 33 heavy (non-hydrogen) atoms. The van der Waals surface area contributed by atoms with Crippen LogP contribution in [0.3, 0.4) is 0 Å². The van der Waals surface area contributed by atoms with Crippen molar-refractivity contribution in [3.63, 3.8) is 0 Å². The van der Waals surface area contributed by atoms with E-state index in [0.29, 0.717) is 27.1 Å². The van der Waals surface area contributed by atoms with Crippen LogP contribution in [0.15, 0.2) is 29.4 Å². The van der Waals surface area contributed by atoms with Crippen molar-refractivity contribution in [2.24, 2.45) is 7.05 Å². The molecule has 2 aromatic heterocycles. The molecule has 0 fully saturated rings. The molecule has 1 aliphatic carbocycles. The Morgan fingerprint density at radius 1 is 1.27 bits per heavy atom. The quantitative estimate of drug-likeness (QED) is 0.500. The first kappa shape index (κ1) is 23.0. The minimum atomic E-state index is -0.188. The van der Waals surface area contributed by atoms with E-state index < -0.39 is 0 Å². The van der Waals surface area contributed by atoms with E-state index in [2.05, 4.69) is 26.9 Å². The Labute approximate surface area is 200 Å². The van der Waals surface area contributed by atoms with E-state index >= 15 is 0 Å². The van der Waals surface area contributed by atoms with E-state index in [1.54, 1.807) is 17.7 Å². The first-order valence-electron chi connectivity index (χ1n) is 10.7. The van der Waals surface area contributed by atoms with Crippen molar-refractivity contribution in [2.45, 2.75) is 44.3 Å². The third kappa shape index (κ3) is 5.26. The third-order valence-electron chi connectivity index (χ3n) is 5.48. The number of nitriles is 1. The first-order valence-corrected chi connectivity index (χ1v) is 12.5. The highest BCUT2D eigenvalue weighted by molar-refractivity contribution is 7.99. The Hall–Kier alpha value is -3.16. The maximum absolute atomic E-state index is 12.5. The molecule has 2 heterocycles. The number of hydrogen-bond donors (Lipinski definition) is 2. The topological polar surface area (TPSA) is 113 Å². The van der Waals surface area contributed by atoms with Crippen LogP contribution in [0.25, 0.3) is 0 Å². The second-order valence-corrected chi connectivity index (χ2v) is 9.92. The molecule has 0 saturated carbocycles. The number of nitrogens with one attached hydrogen (secondary N) is 2. The van der Waals surface area contributed by atoms with Crippen molar-refractivity contribution in [1.29, 1.82) is 5.26 Å². The van der Waals surface area contributed by atoms with E-state index in [4.69, 9.17) is 0 Å². The fourth-order valence-corrected chi connectivity index (χ4v) is 5.72. The molecule has 0 radical (unpaired) electrons. The van der Waals surface area contributed by atoms with Gasteiger partial charge in [-0.25, -0.2) is 0 Å². The second kappa shape index (κ2) is 10.2. The molecule has 2 N–H and O–H groups in total. The van der Waals surface area contributed by atoms with Crippen LogP contribution < -0.4 is 10.6 Å². The number of carbonyl (C=O) groups is 2. The molecule has 0 spiro atoms. The van der Waals surface area contributed by atoms with Crippen LogP contribution in [0.1, 0.15) is 50.6 Å². The number of anilines is 1. The molecule has 0 unspecified atom stereocenters. The van der Waals surface area contributed by atoms with Gasteiger partial charge in [-0.05, 0) is 50.3 Å². The van der Waals surface area contributed by atoms with Crippen LogP contribution in [-0.4, -0.2) is 32.3 Å². The summed E-state index contributed by atoms with van der Waals surface area (Å²) in [6, 6.07) is 9.63. The van der Waals surface area contributed by atoms with Crippen LogP contribution in [-0.2, 0) is 31.2 Å². The van der Waals surface area contributed by atoms with Crippen molar-refractivity contribution < 1.29 is 9.59 Å². The Kier molecular flexibility index (Phi) is 7.11. The van der Waals surface area contributed by atoms with Gasteiger partial charge < -0.3 is 15.2 Å². The predicted molar refractivity (Wildman–Crippen MR) is 128 cm³/mol. The lowest BCUT2D eigenvalue weighted by Crippen LogP contribution is -2.24. The molecular formula is C23H24N6O2S2. The van der Waals surface area contributed by atoms with E-state index in [1.807, 2.05) is 25.1 Å². The SMILES string of the molecule is Cc1cccc(C(=O)NCc2nnc(SCC(=O)Nc3sc4c(c3C#N)CCCC4)n2C)c1. The first-order chi connectivity index (χ1) is 16.0. The van der Waals surface area contributed by atoms with E-state index in [9.17, 15) is 14.9 Å². The van der Waals surface area contributed by atoms with E-state index in [-0.39, 0.29) is 24.1 Å². The minimum absolute atomic E-state index is 0.148. The summed E-state index contributed by atoms with van der Waals surface area (Å²) in [6.45, 7) is 2.17. The maximum Gasteiger partial charge on any atom is 0.251 e. The predicted octanol–water partition coefficient (Wildman–Crippen LogP) is 3.60. The number of hydrogen-bond acceptors (Lipinski definition) is 7. The van der Waals surface area contributed by atoms with Gasteiger partial charge in [0.2, 0.25) is 5.91 Å². The number of thioether (sulfide) groups is 1. The maximum atomic E-state index is 12.5. The van der Waals surface area contributed by atoms with Gasteiger partial charge in [-0.15, -0.1) is 21.5 Å². The number of aryl methyl sites for hydroxylation is 2. The Morgan fingerprint density at radius 3 is 2.88 bits per heavy atom.